The van der Waals surface area contributed by atoms with Crippen LogP contribution in [-0.4, -0.2) is 11.6 Å². The second-order valence-electron chi connectivity index (χ2n) is 1.39. The predicted octanol–water partition coefficient (Wildman–Crippen LogP) is 0.439. The highest BCUT2D eigenvalue weighted by Gasteiger charge is 1.84. The first kappa shape index (κ1) is 8.71. The molecule has 10 heavy (non-hydrogen) atoms. The van der Waals surface area contributed by atoms with Crippen LogP contribution < -0.4 is 5.73 Å². The second-order valence-corrected chi connectivity index (χ2v) is 1.39. The minimum absolute atomic E-state index is 0.250. The van der Waals surface area contributed by atoms with E-state index in [1.165, 1.54) is 0 Å². The highest BCUT2D eigenvalue weighted by molar-refractivity contribution is 5.32. The maximum atomic E-state index is 8.36. The SMILES string of the molecule is NCc1ccco1.O=CO. The molecule has 1 aromatic rings. The van der Waals surface area contributed by atoms with E-state index >= 15 is 0 Å². The number of carbonyl (C=O) groups is 1. The Morgan fingerprint density at radius 3 is 2.60 bits per heavy atom. The lowest BCUT2D eigenvalue weighted by Crippen LogP contribution is -1.92. The van der Waals surface area contributed by atoms with Crippen LogP contribution in [0.25, 0.3) is 0 Å². The van der Waals surface area contributed by atoms with Crippen molar-refractivity contribution in [1.82, 2.24) is 0 Å². The number of nitrogens with two attached hydrogens (primary N) is 1. The first-order valence-electron chi connectivity index (χ1n) is 2.65. The van der Waals surface area contributed by atoms with Crippen LogP contribution >= 0.6 is 0 Å². The smallest absolute Gasteiger partial charge is 0.290 e. The van der Waals surface area contributed by atoms with E-state index in [1.54, 1.807) is 6.26 Å². The van der Waals surface area contributed by atoms with Crippen molar-refractivity contribution in [3.63, 3.8) is 0 Å². The van der Waals surface area contributed by atoms with E-state index < -0.39 is 0 Å². The molecule has 0 saturated carbocycles. The van der Waals surface area contributed by atoms with E-state index in [1.807, 2.05) is 12.1 Å². The van der Waals surface area contributed by atoms with Gasteiger partial charge in [-0.15, -0.1) is 0 Å². The van der Waals surface area contributed by atoms with Crippen molar-refractivity contribution < 1.29 is 14.3 Å². The lowest BCUT2D eigenvalue weighted by atomic mass is 10.5. The Labute approximate surface area is 58.3 Å². The van der Waals surface area contributed by atoms with Crippen LogP contribution in [0, 0.1) is 0 Å². The van der Waals surface area contributed by atoms with Gasteiger partial charge in [-0.05, 0) is 12.1 Å². The van der Waals surface area contributed by atoms with Crippen molar-refractivity contribution in [3.8, 4) is 0 Å². The van der Waals surface area contributed by atoms with Crippen LogP contribution in [0.15, 0.2) is 22.8 Å². The monoisotopic (exact) mass is 143 g/mol. The molecule has 56 valence electrons. The first-order chi connectivity index (χ1) is 4.85. The molecule has 0 amide bonds. The molecule has 0 aromatic carbocycles. The van der Waals surface area contributed by atoms with E-state index in [-0.39, 0.29) is 6.47 Å². The molecule has 0 bridgehead atoms. The number of furan rings is 1. The molecule has 0 atom stereocenters. The summed E-state index contributed by atoms with van der Waals surface area (Å²) in [5.41, 5.74) is 5.20. The van der Waals surface area contributed by atoms with Crippen LogP contribution in [0.1, 0.15) is 5.76 Å². The Kier molecular flexibility index (Phi) is 5.09. The lowest BCUT2D eigenvalue weighted by Gasteiger charge is -1.80. The van der Waals surface area contributed by atoms with Crippen LogP contribution in [0.2, 0.25) is 0 Å². The summed E-state index contributed by atoms with van der Waals surface area (Å²) in [6, 6.07) is 3.67. The van der Waals surface area contributed by atoms with Gasteiger partial charge in [0, 0.05) is 0 Å². The molecule has 4 heteroatoms. The summed E-state index contributed by atoms with van der Waals surface area (Å²) < 4.78 is 4.86. The van der Waals surface area contributed by atoms with Crippen LogP contribution in [0.4, 0.5) is 0 Å². The topological polar surface area (TPSA) is 76.5 Å². The zero-order valence-electron chi connectivity index (χ0n) is 5.36. The van der Waals surface area contributed by atoms with Gasteiger partial charge in [-0.3, -0.25) is 4.79 Å². The molecule has 0 unspecified atom stereocenters. The summed E-state index contributed by atoms with van der Waals surface area (Å²) in [5.74, 6) is 0.833. The fraction of sp³-hybridized carbons (Fsp3) is 0.167. The third kappa shape index (κ3) is 3.68. The van der Waals surface area contributed by atoms with Crippen molar-refractivity contribution in [2.24, 2.45) is 5.73 Å². The van der Waals surface area contributed by atoms with E-state index in [0.29, 0.717) is 6.54 Å². The molecule has 1 aromatic heterocycles. The fourth-order valence-corrected chi connectivity index (χ4v) is 0.429. The molecule has 0 aliphatic rings. The summed E-state index contributed by atoms with van der Waals surface area (Å²) in [6.45, 7) is 0.243. The summed E-state index contributed by atoms with van der Waals surface area (Å²) in [4.78, 5) is 8.36. The minimum Gasteiger partial charge on any atom is -0.483 e. The molecule has 1 heterocycles. The third-order valence-electron chi connectivity index (χ3n) is 0.781. The van der Waals surface area contributed by atoms with E-state index in [2.05, 4.69) is 0 Å². The van der Waals surface area contributed by atoms with Crippen molar-refractivity contribution in [3.05, 3.63) is 24.2 Å². The highest BCUT2D eigenvalue weighted by Crippen LogP contribution is 1.95. The van der Waals surface area contributed by atoms with Gasteiger partial charge >= 0.3 is 0 Å². The zero-order valence-corrected chi connectivity index (χ0v) is 5.36. The number of rotatable bonds is 1. The molecular formula is C6H9NO3. The average molecular weight is 143 g/mol. The minimum atomic E-state index is -0.250. The van der Waals surface area contributed by atoms with Gasteiger partial charge < -0.3 is 15.3 Å². The Morgan fingerprint density at radius 2 is 2.40 bits per heavy atom. The van der Waals surface area contributed by atoms with Crippen LogP contribution in [0.3, 0.4) is 0 Å². The van der Waals surface area contributed by atoms with Crippen molar-refractivity contribution >= 4 is 6.47 Å². The standard InChI is InChI=1S/C5H7NO.CH2O2/c6-4-5-2-1-3-7-5;2-1-3/h1-3H,4,6H2;1H,(H,2,3). The molecule has 0 aliphatic carbocycles. The molecule has 4 nitrogen and oxygen atoms in total. The molecule has 0 saturated heterocycles. The largest absolute Gasteiger partial charge is 0.483 e. The normalized spacial score (nSPS) is 7.70. The predicted molar refractivity (Wildman–Crippen MR) is 35.3 cm³/mol. The molecule has 0 aliphatic heterocycles. The quantitative estimate of drug-likeness (QED) is 0.559. The van der Waals surface area contributed by atoms with Gasteiger partial charge in [0.2, 0.25) is 0 Å². The zero-order chi connectivity index (χ0) is 7.82. The second kappa shape index (κ2) is 5.84. The molecule has 0 radical (unpaired) electrons. The highest BCUT2D eigenvalue weighted by atomic mass is 16.3. The summed E-state index contributed by atoms with van der Waals surface area (Å²) in [7, 11) is 0. The molecule has 0 fully saturated rings. The summed E-state index contributed by atoms with van der Waals surface area (Å²) in [5, 5.41) is 6.89. The van der Waals surface area contributed by atoms with Crippen molar-refractivity contribution in [2.45, 2.75) is 6.54 Å². The van der Waals surface area contributed by atoms with E-state index in [9.17, 15) is 0 Å². The molecule has 0 spiro atoms. The average Bonchev–Trinajstić information content (AvgIpc) is 2.39. The fourth-order valence-electron chi connectivity index (χ4n) is 0.429. The Bertz CT molecular complexity index is 160. The maximum Gasteiger partial charge on any atom is 0.290 e. The van der Waals surface area contributed by atoms with Gasteiger partial charge in [0.15, 0.2) is 0 Å². The van der Waals surface area contributed by atoms with Crippen LogP contribution in [-0.2, 0) is 11.3 Å². The van der Waals surface area contributed by atoms with Gasteiger partial charge in [-0.25, -0.2) is 0 Å². The van der Waals surface area contributed by atoms with Gasteiger partial charge in [-0.1, -0.05) is 0 Å². The Hall–Kier alpha value is -1.29. The summed E-state index contributed by atoms with van der Waals surface area (Å²) in [6.07, 6.45) is 1.61. The number of hydrogen-bond acceptors (Lipinski definition) is 3. The number of carboxylic acid groups (broad SMARTS) is 1. The summed E-state index contributed by atoms with van der Waals surface area (Å²) >= 11 is 0. The number of hydrogen-bond donors (Lipinski definition) is 2. The van der Waals surface area contributed by atoms with Gasteiger partial charge in [0.1, 0.15) is 5.76 Å². The van der Waals surface area contributed by atoms with Crippen LogP contribution in [0.5, 0.6) is 0 Å². The Morgan fingerprint density at radius 1 is 1.80 bits per heavy atom. The van der Waals surface area contributed by atoms with E-state index in [4.69, 9.17) is 20.1 Å². The van der Waals surface area contributed by atoms with Gasteiger partial charge in [0.05, 0.1) is 12.8 Å². The maximum absolute atomic E-state index is 8.36. The first-order valence-corrected chi connectivity index (χ1v) is 2.65. The Balaban J connectivity index is 0.000000236. The van der Waals surface area contributed by atoms with Gasteiger partial charge in [-0.2, -0.15) is 0 Å². The molecule has 1 rings (SSSR count). The third-order valence-corrected chi connectivity index (χ3v) is 0.781. The van der Waals surface area contributed by atoms with E-state index in [0.717, 1.165) is 5.76 Å². The van der Waals surface area contributed by atoms with Crippen molar-refractivity contribution in [1.29, 1.82) is 0 Å². The molecular weight excluding hydrogens is 134 g/mol. The molecule has 3 N–H and O–H groups in total. The lowest BCUT2D eigenvalue weighted by molar-refractivity contribution is -0.122. The van der Waals surface area contributed by atoms with Gasteiger partial charge in [0.25, 0.3) is 6.47 Å². The van der Waals surface area contributed by atoms with Crippen molar-refractivity contribution in [2.75, 3.05) is 0 Å².